The van der Waals surface area contributed by atoms with E-state index in [1.807, 2.05) is 0 Å². The molecule has 1 amide bonds. The smallest absolute Gasteiger partial charge is 0.303 e. The number of aliphatic carboxylic acids is 1. The van der Waals surface area contributed by atoms with Crippen LogP contribution in [-0.2, 0) is 9.59 Å². The lowest BCUT2D eigenvalue weighted by Crippen LogP contribution is -2.47. The minimum absolute atomic E-state index is 0.0473. The lowest BCUT2D eigenvalue weighted by Gasteiger charge is -2.28. The zero-order chi connectivity index (χ0) is 35.2. The van der Waals surface area contributed by atoms with E-state index in [2.05, 4.69) is 31.0 Å². The van der Waals surface area contributed by atoms with Gasteiger partial charge in [0, 0.05) is 19.5 Å². The zero-order valence-electron chi connectivity index (χ0n) is 33.0. The van der Waals surface area contributed by atoms with Gasteiger partial charge in [-0.25, -0.2) is 0 Å². The van der Waals surface area contributed by atoms with Crippen molar-refractivity contribution in [2.45, 2.75) is 245 Å². The maximum Gasteiger partial charge on any atom is 0.303 e. The molecule has 0 saturated heterocycles. The molecule has 0 bridgehead atoms. The van der Waals surface area contributed by atoms with Gasteiger partial charge in [-0.3, -0.25) is 9.59 Å². The Morgan fingerprint density at radius 3 is 1.06 bits per heavy atom. The molecule has 0 radical (unpaired) electrons. The fraction of sp³-hybridized carbons (Fsp3) is 0.953. The van der Waals surface area contributed by atoms with Crippen LogP contribution in [-0.4, -0.2) is 47.6 Å². The number of carbonyl (C=O) groups is 2. The highest BCUT2D eigenvalue weighted by Gasteiger charge is 2.24. The Bertz CT molecular complexity index is 650. The molecule has 0 aromatic heterocycles. The first-order valence-corrected chi connectivity index (χ1v) is 21.8. The van der Waals surface area contributed by atoms with E-state index < -0.39 is 5.97 Å². The van der Waals surface area contributed by atoms with Crippen LogP contribution < -0.4 is 5.32 Å². The summed E-state index contributed by atoms with van der Waals surface area (Å²) in [6, 6.07) is -0.375. The molecule has 0 aromatic rings. The van der Waals surface area contributed by atoms with Gasteiger partial charge in [0.25, 0.3) is 0 Å². The minimum Gasteiger partial charge on any atom is -0.481 e. The first-order chi connectivity index (χ1) is 23.6. The first kappa shape index (κ1) is 46.9. The average Bonchev–Trinajstić information content (AvgIpc) is 3.08. The van der Waals surface area contributed by atoms with Crippen LogP contribution in [0, 0.1) is 0 Å². The van der Waals surface area contributed by atoms with Crippen molar-refractivity contribution in [1.82, 2.24) is 10.2 Å². The summed E-state index contributed by atoms with van der Waals surface area (Å²) in [5.41, 5.74) is 0. The van der Waals surface area contributed by atoms with Gasteiger partial charge in [-0.2, -0.15) is 0 Å². The molecule has 0 fully saturated rings. The molecule has 286 valence electrons. The quantitative estimate of drug-likeness (QED) is 0.0633. The molecule has 0 aromatic carbocycles. The van der Waals surface area contributed by atoms with Crippen molar-refractivity contribution in [2.24, 2.45) is 0 Å². The molecule has 5 heteroatoms. The number of hydrogen-bond acceptors (Lipinski definition) is 3. The van der Waals surface area contributed by atoms with Crippen LogP contribution in [0.3, 0.4) is 0 Å². The van der Waals surface area contributed by atoms with Gasteiger partial charge in [0.1, 0.15) is 0 Å². The lowest BCUT2D eigenvalue weighted by molar-refractivity contribution is -0.138. The van der Waals surface area contributed by atoms with Crippen molar-refractivity contribution >= 4 is 11.9 Å². The molecule has 0 aliphatic rings. The summed E-state index contributed by atoms with van der Waals surface area (Å²) in [5, 5.41) is 12.9. The maximum atomic E-state index is 13.8. The number of rotatable bonds is 40. The number of carbonyl (C=O) groups excluding carboxylic acids is 1. The van der Waals surface area contributed by atoms with E-state index >= 15 is 0 Å². The van der Waals surface area contributed by atoms with Gasteiger partial charge in [0.15, 0.2) is 0 Å². The highest BCUT2D eigenvalue weighted by Crippen LogP contribution is 2.15. The SMILES string of the molecule is CCCCCCCCCCCCCCCCCCNC(CCC(=O)O)C(=O)N(CCCCCCCCCC)CCCCCCCCCC. The largest absolute Gasteiger partial charge is 0.481 e. The Hall–Kier alpha value is -1.10. The first-order valence-electron chi connectivity index (χ1n) is 21.8. The van der Waals surface area contributed by atoms with Crippen LogP contribution >= 0.6 is 0 Å². The summed E-state index contributed by atoms with van der Waals surface area (Å²) in [4.78, 5) is 27.3. The number of nitrogens with one attached hydrogen (secondary N) is 1. The maximum absolute atomic E-state index is 13.8. The summed E-state index contributed by atoms with van der Waals surface area (Å²) in [5.74, 6) is -0.673. The third-order valence-corrected chi connectivity index (χ3v) is 10.2. The second-order valence-electron chi connectivity index (χ2n) is 15.0. The topological polar surface area (TPSA) is 69.6 Å². The van der Waals surface area contributed by atoms with E-state index in [4.69, 9.17) is 0 Å². The fourth-order valence-corrected chi connectivity index (χ4v) is 6.96. The van der Waals surface area contributed by atoms with Crippen molar-refractivity contribution in [3.8, 4) is 0 Å². The van der Waals surface area contributed by atoms with Crippen LogP contribution in [0.25, 0.3) is 0 Å². The van der Waals surface area contributed by atoms with E-state index in [1.165, 1.54) is 186 Å². The van der Waals surface area contributed by atoms with Crippen molar-refractivity contribution in [3.05, 3.63) is 0 Å². The van der Waals surface area contributed by atoms with Gasteiger partial charge in [0.05, 0.1) is 6.04 Å². The van der Waals surface area contributed by atoms with Crippen LogP contribution in [0.15, 0.2) is 0 Å². The number of hydrogen-bond donors (Lipinski definition) is 2. The number of unbranched alkanes of at least 4 members (excludes halogenated alkanes) is 29. The molecular weight excluding hydrogens is 592 g/mol. The van der Waals surface area contributed by atoms with Crippen molar-refractivity contribution < 1.29 is 14.7 Å². The fourth-order valence-electron chi connectivity index (χ4n) is 6.96. The van der Waals surface area contributed by atoms with E-state index in [0.717, 1.165) is 38.9 Å². The summed E-state index contributed by atoms with van der Waals surface area (Å²) in [6.45, 7) is 9.24. The molecule has 2 N–H and O–H groups in total. The summed E-state index contributed by atoms with van der Waals surface area (Å²) >= 11 is 0. The van der Waals surface area contributed by atoms with Gasteiger partial charge >= 0.3 is 5.97 Å². The Kier molecular flexibility index (Phi) is 37.8. The third kappa shape index (κ3) is 33.4. The predicted molar refractivity (Wildman–Crippen MR) is 210 cm³/mol. The van der Waals surface area contributed by atoms with Crippen LogP contribution in [0.5, 0.6) is 0 Å². The highest BCUT2D eigenvalue weighted by atomic mass is 16.4. The van der Waals surface area contributed by atoms with Crippen LogP contribution in [0.1, 0.15) is 239 Å². The Balaban J connectivity index is 4.46. The van der Waals surface area contributed by atoms with E-state index in [9.17, 15) is 14.7 Å². The third-order valence-electron chi connectivity index (χ3n) is 10.2. The van der Waals surface area contributed by atoms with Gasteiger partial charge in [-0.05, 0) is 32.2 Å². The second kappa shape index (κ2) is 38.7. The normalized spacial score (nSPS) is 12.1. The summed E-state index contributed by atoms with van der Waals surface area (Å²) in [6.07, 6.45) is 42.2. The number of nitrogens with zero attached hydrogens (tertiary/aromatic N) is 1. The molecule has 5 nitrogen and oxygen atoms in total. The van der Waals surface area contributed by atoms with Gasteiger partial charge in [0.2, 0.25) is 5.91 Å². The zero-order valence-corrected chi connectivity index (χ0v) is 33.0. The second-order valence-corrected chi connectivity index (χ2v) is 15.0. The monoisotopic (exact) mass is 679 g/mol. The van der Waals surface area contributed by atoms with Crippen molar-refractivity contribution in [3.63, 3.8) is 0 Å². The molecule has 1 unspecified atom stereocenters. The lowest BCUT2D eigenvalue weighted by atomic mass is 10.0. The number of carboxylic acid groups (broad SMARTS) is 1. The Morgan fingerprint density at radius 2 is 0.750 bits per heavy atom. The van der Waals surface area contributed by atoms with Gasteiger partial charge < -0.3 is 15.3 Å². The van der Waals surface area contributed by atoms with Gasteiger partial charge in [-0.15, -0.1) is 0 Å². The number of amides is 1. The van der Waals surface area contributed by atoms with Crippen molar-refractivity contribution in [2.75, 3.05) is 19.6 Å². The molecule has 0 saturated carbocycles. The molecule has 48 heavy (non-hydrogen) atoms. The molecule has 0 heterocycles. The molecule has 0 rings (SSSR count). The predicted octanol–water partition coefficient (Wildman–Crippen LogP) is 13.2. The average molecular weight is 679 g/mol. The molecule has 1 atom stereocenters. The van der Waals surface area contributed by atoms with E-state index in [-0.39, 0.29) is 18.4 Å². The number of carboxylic acids is 1. The van der Waals surface area contributed by atoms with Crippen LogP contribution in [0.2, 0.25) is 0 Å². The Morgan fingerprint density at radius 1 is 0.458 bits per heavy atom. The molecule has 0 spiro atoms. The minimum atomic E-state index is -0.810. The van der Waals surface area contributed by atoms with Gasteiger partial charge in [-0.1, -0.05) is 207 Å². The summed E-state index contributed by atoms with van der Waals surface area (Å²) < 4.78 is 0. The molecule has 0 aliphatic carbocycles. The van der Waals surface area contributed by atoms with E-state index in [1.54, 1.807) is 0 Å². The molecular formula is C43H86N2O3. The standard InChI is InChI=1S/C43H86N2O3/c1-4-7-10-13-16-19-20-21-22-23-24-25-26-27-30-33-38-44-41(36-37-42(46)47)43(48)45(39-34-31-28-17-14-11-8-5-2)40-35-32-29-18-15-12-9-6-3/h41,44H,4-40H2,1-3H3,(H,46,47). The van der Waals surface area contributed by atoms with E-state index in [0.29, 0.717) is 6.42 Å². The van der Waals surface area contributed by atoms with Crippen LogP contribution in [0.4, 0.5) is 0 Å². The van der Waals surface area contributed by atoms with Crippen molar-refractivity contribution in [1.29, 1.82) is 0 Å². The molecule has 0 aliphatic heterocycles. The summed E-state index contributed by atoms with van der Waals surface area (Å²) in [7, 11) is 0. The Labute approximate surface area is 300 Å². The highest BCUT2D eigenvalue weighted by molar-refractivity contribution is 5.82.